The van der Waals surface area contributed by atoms with Crippen LogP contribution in [0.25, 0.3) is 0 Å². The molecule has 0 aliphatic heterocycles. The molecular weight excluding hydrogens is 421 g/mol. The summed E-state index contributed by atoms with van der Waals surface area (Å²) in [5.74, 6) is -0.0447. The molecule has 0 radical (unpaired) electrons. The number of hydrogen-bond donors (Lipinski definition) is 0. The summed E-state index contributed by atoms with van der Waals surface area (Å²) in [6.07, 6.45) is 2.23. The molecule has 0 aromatic heterocycles. The standard InChI is InChI=1S/C28H35F3N2/c1-3-24(33(2)20-22-12-6-4-7-13-22)18-19-27(21-32,23-14-8-5-9-15-23)25-16-10-11-17-26(25)28(29,30)31/h4,6-7,10-13,16-17,23-24H,3,5,8-9,14-15,18-20H2,1-2H3. The van der Waals surface area contributed by atoms with E-state index in [9.17, 15) is 18.4 Å². The van der Waals surface area contributed by atoms with Gasteiger partial charge >= 0.3 is 6.18 Å². The number of halogens is 3. The van der Waals surface area contributed by atoms with Gasteiger partial charge in [0.15, 0.2) is 0 Å². The van der Waals surface area contributed by atoms with E-state index in [-0.39, 0.29) is 17.5 Å². The van der Waals surface area contributed by atoms with Crippen LogP contribution in [0.3, 0.4) is 0 Å². The molecule has 0 N–H and O–H groups in total. The monoisotopic (exact) mass is 456 g/mol. The number of nitrogens with zero attached hydrogens (tertiary/aromatic N) is 2. The Balaban J connectivity index is 1.91. The molecule has 0 bridgehead atoms. The summed E-state index contributed by atoms with van der Waals surface area (Å²) in [4.78, 5) is 2.27. The van der Waals surface area contributed by atoms with Crippen LogP contribution in [-0.2, 0) is 18.1 Å². The second-order valence-corrected chi connectivity index (χ2v) is 9.46. The van der Waals surface area contributed by atoms with Crippen LogP contribution in [0.1, 0.15) is 75.0 Å². The molecule has 0 saturated heterocycles. The van der Waals surface area contributed by atoms with E-state index in [1.165, 1.54) is 11.6 Å². The lowest BCUT2D eigenvalue weighted by atomic mass is 9.62. The molecule has 2 atom stereocenters. The molecule has 1 fully saturated rings. The summed E-state index contributed by atoms with van der Waals surface area (Å²) in [6.45, 7) is 2.89. The van der Waals surface area contributed by atoms with Crippen molar-refractivity contribution in [1.29, 1.82) is 5.26 Å². The Kier molecular flexibility index (Phi) is 8.59. The van der Waals surface area contributed by atoms with Crippen molar-refractivity contribution in [2.45, 2.75) is 82.5 Å². The second kappa shape index (κ2) is 11.2. The van der Waals surface area contributed by atoms with E-state index in [1.54, 1.807) is 12.1 Å². The Bertz CT molecular complexity index is 913. The van der Waals surface area contributed by atoms with Gasteiger partial charge in [0.25, 0.3) is 0 Å². The highest BCUT2D eigenvalue weighted by atomic mass is 19.4. The molecule has 0 heterocycles. The smallest absolute Gasteiger partial charge is 0.299 e. The summed E-state index contributed by atoms with van der Waals surface area (Å²) in [5.41, 5.74) is -0.386. The minimum absolute atomic E-state index is 0.0447. The van der Waals surface area contributed by atoms with Crippen molar-refractivity contribution in [1.82, 2.24) is 4.90 Å². The van der Waals surface area contributed by atoms with E-state index >= 15 is 0 Å². The van der Waals surface area contributed by atoms with Gasteiger partial charge in [-0.15, -0.1) is 0 Å². The molecular formula is C28H35F3N2. The van der Waals surface area contributed by atoms with Crippen molar-refractivity contribution in [2.24, 2.45) is 5.92 Å². The van der Waals surface area contributed by atoms with E-state index < -0.39 is 17.2 Å². The predicted molar refractivity (Wildman–Crippen MR) is 127 cm³/mol. The van der Waals surface area contributed by atoms with E-state index in [1.807, 2.05) is 18.2 Å². The van der Waals surface area contributed by atoms with Crippen molar-refractivity contribution < 1.29 is 13.2 Å². The zero-order chi connectivity index (χ0) is 23.9. The molecule has 2 aromatic rings. The van der Waals surface area contributed by atoms with Gasteiger partial charge in [0.2, 0.25) is 0 Å². The van der Waals surface area contributed by atoms with Crippen LogP contribution in [-0.4, -0.2) is 18.0 Å². The van der Waals surface area contributed by atoms with E-state index in [0.717, 1.165) is 51.1 Å². The molecule has 178 valence electrons. The van der Waals surface area contributed by atoms with Crippen molar-refractivity contribution in [3.8, 4) is 6.07 Å². The molecule has 3 rings (SSSR count). The first-order valence-corrected chi connectivity index (χ1v) is 12.1. The third-order valence-corrected chi connectivity index (χ3v) is 7.46. The zero-order valence-corrected chi connectivity index (χ0v) is 19.7. The van der Waals surface area contributed by atoms with Gasteiger partial charge in [-0.05, 0) is 62.3 Å². The topological polar surface area (TPSA) is 27.0 Å². The highest BCUT2D eigenvalue weighted by Crippen LogP contribution is 2.48. The second-order valence-electron chi connectivity index (χ2n) is 9.46. The lowest BCUT2D eigenvalue weighted by molar-refractivity contribution is -0.138. The minimum atomic E-state index is -4.47. The van der Waals surface area contributed by atoms with Gasteiger partial charge in [0.05, 0.1) is 17.0 Å². The molecule has 1 saturated carbocycles. The molecule has 2 nitrogen and oxygen atoms in total. The fourth-order valence-electron chi connectivity index (χ4n) is 5.61. The number of benzene rings is 2. The summed E-state index contributed by atoms with van der Waals surface area (Å²) in [5, 5.41) is 10.5. The van der Waals surface area contributed by atoms with Crippen molar-refractivity contribution in [2.75, 3.05) is 7.05 Å². The largest absolute Gasteiger partial charge is 0.416 e. The molecule has 33 heavy (non-hydrogen) atoms. The number of nitriles is 1. The normalized spacial score (nSPS) is 18.0. The summed E-state index contributed by atoms with van der Waals surface area (Å²) >= 11 is 0. The number of rotatable bonds is 9. The Morgan fingerprint density at radius 1 is 0.970 bits per heavy atom. The van der Waals surface area contributed by atoms with Gasteiger partial charge in [-0.2, -0.15) is 18.4 Å². The molecule has 1 aliphatic carbocycles. The van der Waals surface area contributed by atoms with E-state index in [0.29, 0.717) is 12.8 Å². The Morgan fingerprint density at radius 2 is 1.58 bits per heavy atom. The maximum Gasteiger partial charge on any atom is 0.416 e. The van der Waals surface area contributed by atoms with Gasteiger partial charge in [0.1, 0.15) is 0 Å². The van der Waals surface area contributed by atoms with Crippen LogP contribution in [0.4, 0.5) is 13.2 Å². The maximum atomic E-state index is 14.0. The van der Waals surface area contributed by atoms with Crippen LogP contribution in [0.15, 0.2) is 54.6 Å². The lowest BCUT2D eigenvalue weighted by Gasteiger charge is -2.40. The molecule has 5 heteroatoms. The quantitative estimate of drug-likeness (QED) is 0.386. The van der Waals surface area contributed by atoms with Crippen LogP contribution in [0.5, 0.6) is 0 Å². The summed E-state index contributed by atoms with van der Waals surface area (Å²) in [6, 6.07) is 18.6. The average Bonchev–Trinajstić information content (AvgIpc) is 2.83. The number of alkyl halides is 3. The fourth-order valence-corrected chi connectivity index (χ4v) is 5.61. The molecule has 2 unspecified atom stereocenters. The maximum absolute atomic E-state index is 14.0. The van der Waals surface area contributed by atoms with E-state index in [4.69, 9.17) is 0 Å². The lowest BCUT2D eigenvalue weighted by Crippen LogP contribution is -2.40. The summed E-state index contributed by atoms with van der Waals surface area (Å²) < 4.78 is 42.0. The predicted octanol–water partition coefficient (Wildman–Crippen LogP) is 7.74. The Hall–Kier alpha value is -2.32. The first-order valence-electron chi connectivity index (χ1n) is 12.1. The van der Waals surface area contributed by atoms with Crippen molar-refractivity contribution in [3.05, 3.63) is 71.3 Å². The van der Waals surface area contributed by atoms with E-state index in [2.05, 4.69) is 37.1 Å². The first kappa shape index (κ1) is 25.3. The van der Waals surface area contributed by atoms with Crippen molar-refractivity contribution in [3.63, 3.8) is 0 Å². The summed E-state index contributed by atoms with van der Waals surface area (Å²) in [7, 11) is 2.07. The highest BCUT2D eigenvalue weighted by Gasteiger charge is 2.46. The highest BCUT2D eigenvalue weighted by molar-refractivity contribution is 5.42. The molecule has 0 spiro atoms. The molecule has 1 aliphatic rings. The van der Waals surface area contributed by atoms with Gasteiger partial charge in [-0.3, -0.25) is 4.90 Å². The molecule has 0 amide bonds. The third kappa shape index (κ3) is 5.98. The minimum Gasteiger partial charge on any atom is -0.299 e. The fraction of sp³-hybridized carbons (Fsp3) is 0.536. The van der Waals surface area contributed by atoms with Crippen molar-refractivity contribution >= 4 is 0 Å². The number of hydrogen-bond acceptors (Lipinski definition) is 2. The first-order chi connectivity index (χ1) is 15.8. The van der Waals surface area contributed by atoms with Crippen LogP contribution < -0.4 is 0 Å². The SMILES string of the molecule is CCC(CCC(C#N)(c1ccccc1C(F)(F)F)C1CCCCC1)N(C)Cc1ccccc1. The Morgan fingerprint density at radius 3 is 2.15 bits per heavy atom. The van der Waals surface area contributed by atoms with Crippen LogP contribution in [0, 0.1) is 17.2 Å². The zero-order valence-electron chi connectivity index (χ0n) is 19.7. The van der Waals surface area contributed by atoms with Gasteiger partial charge < -0.3 is 0 Å². The van der Waals surface area contributed by atoms with Gasteiger partial charge in [0, 0.05) is 12.6 Å². The average molecular weight is 457 g/mol. The van der Waals surface area contributed by atoms with Crippen LogP contribution in [0.2, 0.25) is 0 Å². The van der Waals surface area contributed by atoms with Crippen LogP contribution >= 0.6 is 0 Å². The molecule has 2 aromatic carbocycles. The van der Waals surface area contributed by atoms with Gasteiger partial charge in [-0.25, -0.2) is 0 Å². The third-order valence-electron chi connectivity index (χ3n) is 7.46. The van der Waals surface area contributed by atoms with Gasteiger partial charge in [-0.1, -0.05) is 74.7 Å². The Labute approximate surface area is 196 Å².